The van der Waals surface area contributed by atoms with Gasteiger partial charge in [0, 0.05) is 11.3 Å². The van der Waals surface area contributed by atoms with Crippen LogP contribution in [0.5, 0.6) is 5.75 Å². The van der Waals surface area contributed by atoms with Crippen LogP contribution in [0.3, 0.4) is 0 Å². The first-order valence-electron chi connectivity index (χ1n) is 6.59. The third kappa shape index (κ3) is 3.92. The second-order valence-corrected chi connectivity index (χ2v) is 5.05. The summed E-state index contributed by atoms with van der Waals surface area (Å²) in [6.45, 7) is 0. The lowest BCUT2D eigenvalue weighted by atomic mass is 9.94. The number of hydrogen-bond donors (Lipinski definition) is 0. The molecule has 146 valence electrons. The molecule has 1 atom stereocenters. The van der Waals surface area contributed by atoms with Crippen LogP contribution >= 0.6 is 0 Å². The smallest absolute Gasteiger partial charge is 0.460 e. The van der Waals surface area contributed by atoms with Gasteiger partial charge in [0.25, 0.3) is 0 Å². The molecule has 0 amide bonds. The number of azide groups is 1. The number of ether oxygens (including phenoxy) is 1. The molecule has 1 aromatic carbocycles. The zero-order chi connectivity index (χ0) is 20.4. The fourth-order valence-electron chi connectivity index (χ4n) is 1.89. The zero-order valence-corrected chi connectivity index (χ0v) is 12.7. The van der Waals surface area contributed by atoms with Gasteiger partial charge in [-0.25, -0.2) is 0 Å². The molecule has 1 rings (SSSR count). The van der Waals surface area contributed by atoms with Gasteiger partial charge in [-0.3, -0.25) is 0 Å². The molecule has 0 aliphatic heterocycles. The highest BCUT2D eigenvalue weighted by Crippen LogP contribution is 2.55. The molecule has 26 heavy (non-hydrogen) atoms. The number of hydrogen-bond acceptors (Lipinski definition) is 2. The zero-order valence-electron chi connectivity index (χ0n) is 12.7. The van der Waals surface area contributed by atoms with E-state index in [1.165, 1.54) is 7.11 Å². The normalized spacial score (nSPS) is 14.5. The highest BCUT2D eigenvalue weighted by atomic mass is 19.4. The van der Waals surface area contributed by atoms with E-state index in [1.807, 2.05) is 0 Å². The summed E-state index contributed by atoms with van der Waals surface area (Å²) in [5.41, 5.74) is 8.05. The van der Waals surface area contributed by atoms with Crippen molar-refractivity contribution in [2.45, 2.75) is 36.4 Å². The third-order valence-electron chi connectivity index (χ3n) is 3.35. The first-order chi connectivity index (χ1) is 11.7. The molecular weight excluding hydrogens is 385 g/mol. The van der Waals surface area contributed by atoms with Crippen molar-refractivity contribution in [3.8, 4) is 5.75 Å². The Bertz CT molecular complexity index is 666. The number of halogens is 9. The highest BCUT2D eigenvalue weighted by Gasteiger charge is 2.81. The van der Waals surface area contributed by atoms with Gasteiger partial charge in [-0.15, -0.1) is 0 Å². The van der Waals surface area contributed by atoms with Crippen molar-refractivity contribution in [2.75, 3.05) is 7.11 Å². The Morgan fingerprint density at radius 1 is 0.962 bits per heavy atom. The summed E-state index contributed by atoms with van der Waals surface area (Å²) in [6, 6.07) is 2.21. The van der Waals surface area contributed by atoms with Gasteiger partial charge in [0.1, 0.15) is 5.75 Å². The van der Waals surface area contributed by atoms with E-state index in [1.54, 1.807) is 0 Å². The van der Waals surface area contributed by atoms with Gasteiger partial charge in [-0.05, 0) is 23.2 Å². The van der Waals surface area contributed by atoms with E-state index < -0.39 is 36.4 Å². The molecule has 0 heterocycles. The minimum atomic E-state index is -7.00. The largest absolute Gasteiger partial charge is 0.497 e. The summed E-state index contributed by atoms with van der Waals surface area (Å²) < 4.78 is 121. The van der Waals surface area contributed by atoms with Crippen LogP contribution < -0.4 is 4.74 Å². The molecule has 0 spiro atoms. The summed E-state index contributed by atoms with van der Waals surface area (Å²) >= 11 is 0. The molecule has 1 unspecified atom stereocenters. The topological polar surface area (TPSA) is 58.0 Å². The van der Waals surface area contributed by atoms with E-state index in [0.717, 1.165) is 24.3 Å². The fourth-order valence-corrected chi connectivity index (χ4v) is 1.89. The number of alkyl halides is 9. The van der Waals surface area contributed by atoms with Gasteiger partial charge >= 0.3 is 23.9 Å². The molecule has 0 aromatic heterocycles. The molecular formula is C13H10F9N3O. The van der Waals surface area contributed by atoms with E-state index in [0.29, 0.717) is 0 Å². The monoisotopic (exact) mass is 395 g/mol. The maximum absolute atomic E-state index is 13.7. The van der Waals surface area contributed by atoms with Crippen LogP contribution in [-0.2, 0) is 0 Å². The van der Waals surface area contributed by atoms with E-state index in [-0.39, 0.29) is 11.3 Å². The van der Waals surface area contributed by atoms with Crippen molar-refractivity contribution >= 4 is 0 Å². The minimum absolute atomic E-state index is 0.203. The standard InChI is InChI=1S/C13H10F9N3O/c1-26-8-4-2-7(3-5-8)9(24-25-23)6-10(14,15)11(16,17)12(18,19)13(20,21)22/h2-5,9H,6H2,1H3. The number of nitrogens with zero attached hydrogens (tertiary/aromatic N) is 3. The molecule has 0 radical (unpaired) electrons. The lowest BCUT2D eigenvalue weighted by Gasteiger charge is -2.34. The maximum atomic E-state index is 13.7. The Labute approximate surface area is 140 Å². The quantitative estimate of drug-likeness (QED) is 0.245. The highest BCUT2D eigenvalue weighted by molar-refractivity contribution is 5.29. The average Bonchev–Trinajstić information content (AvgIpc) is 2.53. The van der Waals surface area contributed by atoms with Crippen LogP contribution in [0.15, 0.2) is 29.4 Å². The van der Waals surface area contributed by atoms with Crippen molar-refractivity contribution < 1.29 is 44.3 Å². The van der Waals surface area contributed by atoms with Crippen LogP contribution in [0, 0.1) is 0 Å². The van der Waals surface area contributed by atoms with Gasteiger partial charge in [-0.2, -0.15) is 39.5 Å². The van der Waals surface area contributed by atoms with E-state index in [4.69, 9.17) is 10.3 Å². The molecule has 0 aliphatic carbocycles. The van der Waals surface area contributed by atoms with Crippen molar-refractivity contribution in [1.82, 2.24) is 0 Å². The molecule has 13 heteroatoms. The first-order valence-corrected chi connectivity index (χ1v) is 6.59. The average molecular weight is 395 g/mol. The summed E-state index contributed by atoms with van der Waals surface area (Å²) in [7, 11) is 1.24. The van der Waals surface area contributed by atoms with Gasteiger partial charge in [0.05, 0.1) is 13.2 Å². The molecule has 0 saturated carbocycles. The summed E-state index contributed by atoms with van der Waals surface area (Å²) in [4.78, 5) is 2.14. The van der Waals surface area contributed by atoms with E-state index in [9.17, 15) is 39.5 Å². The van der Waals surface area contributed by atoms with Gasteiger partial charge in [-0.1, -0.05) is 17.2 Å². The molecule has 0 fully saturated rings. The fraction of sp³-hybridized carbons (Fsp3) is 0.538. The van der Waals surface area contributed by atoms with Crippen molar-refractivity contribution in [2.24, 2.45) is 5.11 Å². The lowest BCUT2D eigenvalue weighted by molar-refractivity contribution is -0.397. The number of methoxy groups -OCH3 is 1. The Morgan fingerprint density at radius 2 is 1.46 bits per heavy atom. The Morgan fingerprint density at radius 3 is 1.85 bits per heavy atom. The van der Waals surface area contributed by atoms with Crippen molar-refractivity contribution in [3.63, 3.8) is 0 Å². The first kappa shape index (κ1) is 21.7. The van der Waals surface area contributed by atoms with Crippen LogP contribution in [0.4, 0.5) is 39.5 Å². The van der Waals surface area contributed by atoms with Crippen LogP contribution in [0.25, 0.3) is 10.4 Å². The van der Waals surface area contributed by atoms with Crippen LogP contribution in [0.1, 0.15) is 18.0 Å². The number of benzene rings is 1. The maximum Gasteiger partial charge on any atom is 0.460 e. The van der Waals surface area contributed by atoms with Gasteiger partial charge in [0.15, 0.2) is 0 Å². The van der Waals surface area contributed by atoms with Crippen LogP contribution in [-0.4, -0.2) is 31.1 Å². The second-order valence-electron chi connectivity index (χ2n) is 5.05. The predicted molar refractivity (Wildman–Crippen MR) is 70.4 cm³/mol. The third-order valence-corrected chi connectivity index (χ3v) is 3.35. The molecule has 1 aromatic rings. The Balaban J connectivity index is 3.25. The van der Waals surface area contributed by atoms with E-state index >= 15 is 0 Å². The predicted octanol–water partition coefficient (Wildman–Crippen LogP) is 5.90. The van der Waals surface area contributed by atoms with Crippen molar-refractivity contribution in [3.05, 3.63) is 40.3 Å². The summed E-state index contributed by atoms with van der Waals surface area (Å²) in [6.07, 6.45) is -9.18. The Kier molecular flexibility index (Phi) is 5.97. The van der Waals surface area contributed by atoms with Crippen molar-refractivity contribution in [1.29, 1.82) is 0 Å². The summed E-state index contributed by atoms with van der Waals surface area (Å²) in [5.74, 6) is -19.4. The molecule has 0 saturated heterocycles. The van der Waals surface area contributed by atoms with Gasteiger partial charge < -0.3 is 4.74 Å². The molecule has 0 N–H and O–H groups in total. The second kappa shape index (κ2) is 7.14. The molecule has 4 nitrogen and oxygen atoms in total. The Hall–Kier alpha value is -2.30. The number of rotatable bonds is 7. The molecule has 0 bridgehead atoms. The lowest BCUT2D eigenvalue weighted by Crippen LogP contribution is -2.61. The van der Waals surface area contributed by atoms with Gasteiger partial charge in [0.2, 0.25) is 0 Å². The summed E-state index contributed by atoms with van der Waals surface area (Å²) in [5, 5.41) is 2.79. The molecule has 0 aliphatic rings. The van der Waals surface area contributed by atoms with Crippen LogP contribution in [0.2, 0.25) is 0 Å². The SMILES string of the molecule is COc1ccc(C(CC(F)(F)C(F)(F)C(F)(F)C(F)(F)F)N=[N+]=[N-])cc1. The van der Waals surface area contributed by atoms with E-state index in [2.05, 4.69) is 10.0 Å². The minimum Gasteiger partial charge on any atom is -0.497 e.